The van der Waals surface area contributed by atoms with Crippen molar-refractivity contribution >= 4 is 11.8 Å². The molecule has 2 aliphatic rings. The fraction of sp³-hybridized carbons (Fsp3) is 0.500. The molecule has 1 fully saturated rings. The molecule has 33 heavy (non-hydrogen) atoms. The van der Waals surface area contributed by atoms with E-state index in [-0.39, 0.29) is 17.7 Å². The Balaban J connectivity index is 1.65. The van der Waals surface area contributed by atoms with Gasteiger partial charge in [-0.1, -0.05) is 69.5 Å². The summed E-state index contributed by atoms with van der Waals surface area (Å²) >= 11 is 0. The van der Waals surface area contributed by atoms with Crippen LogP contribution >= 0.6 is 0 Å². The maximum Gasteiger partial charge on any atom is 0.254 e. The number of hydrogen-bond donors (Lipinski definition) is 1. The summed E-state index contributed by atoms with van der Waals surface area (Å²) in [7, 11) is 1.67. The minimum absolute atomic E-state index is 0.0282. The summed E-state index contributed by atoms with van der Waals surface area (Å²) < 4.78 is 5.46. The van der Waals surface area contributed by atoms with Gasteiger partial charge in [0.2, 0.25) is 5.91 Å². The molecule has 176 valence electrons. The molecule has 5 heteroatoms. The first-order chi connectivity index (χ1) is 16.0. The summed E-state index contributed by atoms with van der Waals surface area (Å²) in [5.41, 5.74) is 2.20. The lowest BCUT2D eigenvalue weighted by Gasteiger charge is -2.54. The number of ether oxygens (including phenoxy) is 1. The summed E-state index contributed by atoms with van der Waals surface area (Å²) in [5.74, 6) is 0.947. The third kappa shape index (κ3) is 4.50. The van der Waals surface area contributed by atoms with Crippen LogP contribution in [0.1, 0.15) is 73.4 Å². The molecule has 0 bridgehead atoms. The average molecular weight is 449 g/mol. The molecule has 0 radical (unpaired) electrons. The predicted molar refractivity (Wildman–Crippen MR) is 131 cm³/mol. The van der Waals surface area contributed by atoms with Crippen molar-refractivity contribution in [3.63, 3.8) is 0 Å². The van der Waals surface area contributed by atoms with E-state index in [0.717, 1.165) is 49.0 Å². The van der Waals surface area contributed by atoms with Crippen LogP contribution in [0.3, 0.4) is 0 Å². The number of rotatable bonds is 7. The van der Waals surface area contributed by atoms with E-state index in [4.69, 9.17) is 4.74 Å². The number of methoxy groups -OCH3 is 1. The first kappa shape index (κ1) is 23.3. The lowest BCUT2D eigenvalue weighted by Crippen LogP contribution is -2.63. The summed E-state index contributed by atoms with van der Waals surface area (Å²) in [6, 6.07) is 15.6. The zero-order valence-corrected chi connectivity index (χ0v) is 20.1. The van der Waals surface area contributed by atoms with Crippen molar-refractivity contribution < 1.29 is 14.3 Å². The van der Waals surface area contributed by atoms with Gasteiger partial charge >= 0.3 is 0 Å². The van der Waals surface area contributed by atoms with Gasteiger partial charge in [-0.3, -0.25) is 9.59 Å². The number of nitrogens with one attached hydrogen (secondary N) is 1. The van der Waals surface area contributed by atoms with Crippen molar-refractivity contribution in [1.29, 1.82) is 0 Å². The van der Waals surface area contributed by atoms with Crippen molar-refractivity contribution in [2.45, 2.75) is 63.8 Å². The van der Waals surface area contributed by atoms with Crippen LogP contribution in [-0.2, 0) is 11.2 Å². The first-order valence-electron chi connectivity index (χ1n) is 12.3. The molecular weight excluding hydrogens is 412 g/mol. The van der Waals surface area contributed by atoms with Crippen molar-refractivity contribution in [1.82, 2.24) is 10.2 Å². The van der Waals surface area contributed by atoms with E-state index in [1.54, 1.807) is 7.11 Å². The maximum atomic E-state index is 13.8. The number of hydrogen-bond acceptors (Lipinski definition) is 3. The van der Waals surface area contributed by atoms with Gasteiger partial charge in [0.15, 0.2) is 0 Å². The fourth-order valence-electron chi connectivity index (χ4n) is 5.81. The minimum atomic E-state index is -0.442. The van der Waals surface area contributed by atoms with E-state index in [1.807, 2.05) is 48.5 Å². The minimum Gasteiger partial charge on any atom is -0.496 e. The molecule has 1 saturated carbocycles. The van der Waals surface area contributed by atoms with Gasteiger partial charge in [0, 0.05) is 18.7 Å². The van der Waals surface area contributed by atoms with Gasteiger partial charge in [-0.15, -0.1) is 0 Å². The molecule has 1 aliphatic heterocycles. The molecule has 2 aromatic carbocycles. The number of carbonyl (C=O) groups excluding carboxylic acids is 2. The Labute approximate surface area is 197 Å². The van der Waals surface area contributed by atoms with Crippen LogP contribution in [-0.4, -0.2) is 42.5 Å². The second kappa shape index (κ2) is 9.98. The summed E-state index contributed by atoms with van der Waals surface area (Å²) in [6.45, 7) is 5.50. The number of carbonyl (C=O) groups is 2. The van der Waals surface area contributed by atoms with Crippen molar-refractivity contribution in [3.8, 4) is 5.75 Å². The molecule has 2 aromatic rings. The van der Waals surface area contributed by atoms with Crippen LogP contribution < -0.4 is 10.1 Å². The van der Waals surface area contributed by atoms with Crippen LogP contribution in [0, 0.1) is 5.92 Å². The number of amides is 2. The average Bonchev–Trinajstić information content (AvgIpc) is 2.83. The van der Waals surface area contributed by atoms with Crippen LogP contribution in [0.4, 0.5) is 0 Å². The molecule has 0 aromatic heterocycles. The third-order valence-corrected chi connectivity index (χ3v) is 7.24. The van der Waals surface area contributed by atoms with E-state index in [1.165, 1.54) is 0 Å². The highest BCUT2D eigenvalue weighted by molar-refractivity contribution is 6.02. The molecule has 1 spiro atoms. The number of para-hydroxylation sites is 1. The van der Waals surface area contributed by atoms with Gasteiger partial charge in [0.25, 0.3) is 5.91 Å². The van der Waals surface area contributed by atoms with E-state index in [2.05, 4.69) is 24.1 Å². The second-order valence-electron chi connectivity index (χ2n) is 9.85. The van der Waals surface area contributed by atoms with Gasteiger partial charge in [0.1, 0.15) is 5.75 Å². The highest BCUT2D eigenvalue weighted by Gasteiger charge is 2.54. The molecular formula is C28H36N2O3. The predicted octanol–water partition coefficient (Wildman–Crippen LogP) is 4.95. The van der Waals surface area contributed by atoms with Gasteiger partial charge in [-0.2, -0.15) is 0 Å². The lowest BCUT2D eigenvalue weighted by molar-refractivity contribution is -0.127. The van der Waals surface area contributed by atoms with E-state index in [0.29, 0.717) is 31.0 Å². The third-order valence-electron chi connectivity index (χ3n) is 7.24. The fourth-order valence-corrected chi connectivity index (χ4v) is 5.81. The van der Waals surface area contributed by atoms with E-state index in [9.17, 15) is 9.59 Å². The molecule has 1 heterocycles. The highest BCUT2D eigenvalue weighted by atomic mass is 16.5. The molecule has 4 rings (SSSR count). The monoisotopic (exact) mass is 448 g/mol. The molecule has 0 saturated heterocycles. The Bertz CT molecular complexity index is 994. The van der Waals surface area contributed by atoms with E-state index >= 15 is 0 Å². The highest BCUT2D eigenvalue weighted by Crippen LogP contribution is 2.49. The standard InChI is InChI=1S/C28H36N2O3/c1-20(2)19-30-27(32)23-13-7-6-12-22(23)25(28(30)16-9-4-10-17-28)26(31)29-18-15-21-11-5-8-14-24(21)33-3/h5-8,11-14,20,25H,4,9-10,15-19H2,1-3H3,(H,29,31). The smallest absolute Gasteiger partial charge is 0.254 e. The molecule has 1 atom stereocenters. The topological polar surface area (TPSA) is 58.6 Å². The quantitative estimate of drug-likeness (QED) is 0.652. The Morgan fingerprint density at radius 1 is 1.09 bits per heavy atom. The van der Waals surface area contributed by atoms with Gasteiger partial charge < -0.3 is 15.0 Å². The van der Waals surface area contributed by atoms with Gasteiger partial charge in [-0.25, -0.2) is 0 Å². The van der Waals surface area contributed by atoms with Crippen LogP contribution in [0.2, 0.25) is 0 Å². The zero-order valence-electron chi connectivity index (χ0n) is 20.1. The SMILES string of the molecule is COc1ccccc1CCNC(=O)C1c2ccccc2C(=O)N(CC(C)C)C12CCCCC2. The normalized spacial score (nSPS) is 19.5. The molecule has 5 nitrogen and oxygen atoms in total. The second-order valence-corrected chi connectivity index (χ2v) is 9.85. The van der Waals surface area contributed by atoms with Crippen LogP contribution in [0.15, 0.2) is 48.5 Å². The summed E-state index contributed by atoms with van der Waals surface area (Å²) in [6.07, 6.45) is 5.72. The van der Waals surface area contributed by atoms with Crippen molar-refractivity contribution in [3.05, 3.63) is 65.2 Å². The Kier molecular flexibility index (Phi) is 7.06. The Morgan fingerprint density at radius 3 is 2.52 bits per heavy atom. The molecule has 1 unspecified atom stereocenters. The Hall–Kier alpha value is -2.82. The number of benzene rings is 2. The Morgan fingerprint density at radius 2 is 1.79 bits per heavy atom. The van der Waals surface area contributed by atoms with Crippen molar-refractivity contribution in [2.24, 2.45) is 5.92 Å². The molecule has 1 N–H and O–H groups in total. The van der Waals surface area contributed by atoms with Crippen molar-refractivity contribution in [2.75, 3.05) is 20.2 Å². The lowest BCUT2D eigenvalue weighted by atomic mass is 9.65. The van der Waals surface area contributed by atoms with Gasteiger partial charge in [-0.05, 0) is 48.4 Å². The van der Waals surface area contributed by atoms with E-state index < -0.39 is 5.54 Å². The molecule has 2 amide bonds. The largest absolute Gasteiger partial charge is 0.496 e. The summed E-state index contributed by atoms with van der Waals surface area (Å²) in [4.78, 5) is 29.5. The first-order valence-corrected chi connectivity index (χ1v) is 12.3. The summed E-state index contributed by atoms with van der Waals surface area (Å²) in [5, 5.41) is 3.22. The number of nitrogens with zero attached hydrogens (tertiary/aromatic N) is 1. The van der Waals surface area contributed by atoms with Crippen LogP contribution in [0.5, 0.6) is 5.75 Å². The molecule has 1 aliphatic carbocycles. The maximum absolute atomic E-state index is 13.8. The van der Waals surface area contributed by atoms with Gasteiger partial charge in [0.05, 0.1) is 18.6 Å². The van der Waals surface area contributed by atoms with Crippen LogP contribution in [0.25, 0.3) is 0 Å². The zero-order chi connectivity index (χ0) is 23.4. The number of fused-ring (bicyclic) bond motifs is 1.